The minimum absolute atomic E-state index is 0.116. The fourth-order valence-electron chi connectivity index (χ4n) is 3.00. The molecule has 2 unspecified atom stereocenters. The van der Waals surface area contributed by atoms with E-state index in [0.717, 1.165) is 16.8 Å². The van der Waals surface area contributed by atoms with Crippen LogP contribution in [-0.4, -0.2) is 18.6 Å². The topological polar surface area (TPSA) is 38.3 Å². The third kappa shape index (κ3) is 3.32. The van der Waals surface area contributed by atoms with E-state index >= 15 is 0 Å². The Morgan fingerprint density at radius 3 is 2.91 bits per heavy atom. The Balaban J connectivity index is 2.02. The number of carbonyl (C=O) groups is 1. The predicted molar refractivity (Wildman–Crippen MR) is 88.4 cm³/mol. The van der Waals surface area contributed by atoms with Crippen LogP contribution in [0, 0.1) is 5.82 Å². The number of nitrogens with one attached hydrogen (secondary N) is 1. The van der Waals surface area contributed by atoms with Crippen LogP contribution in [-0.2, 0) is 9.53 Å². The van der Waals surface area contributed by atoms with Crippen LogP contribution in [0.1, 0.15) is 30.4 Å². The predicted octanol–water partition coefficient (Wildman–Crippen LogP) is 4.36. The largest absolute Gasteiger partial charge is 0.464 e. The number of benzene rings is 2. The van der Waals surface area contributed by atoms with Gasteiger partial charge in [0.2, 0.25) is 0 Å². The number of rotatable bonds is 3. The van der Waals surface area contributed by atoms with Gasteiger partial charge in [0.15, 0.2) is 0 Å². The Labute approximate surface area is 139 Å². The van der Waals surface area contributed by atoms with Gasteiger partial charge in [0.25, 0.3) is 0 Å². The summed E-state index contributed by atoms with van der Waals surface area (Å²) in [6.07, 6.45) is 0.496. The van der Waals surface area contributed by atoms with Crippen LogP contribution in [0.4, 0.5) is 10.1 Å². The summed E-state index contributed by atoms with van der Waals surface area (Å²) in [5.74, 6) is -0.707. The van der Waals surface area contributed by atoms with Gasteiger partial charge in [0.1, 0.15) is 11.9 Å². The number of ether oxygens (including phenoxy) is 1. The molecule has 1 aliphatic heterocycles. The molecule has 5 heteroatoms. The molecule has 0 saturated carbocycles. The maximum Gasteiger partial charge on any atom is 0.328 e. The van der Waals surface area contributed by atoms with Crippen molar-refractivity contribution in [3.8, 4) is 0 Å². The van der Waals surface area contributed by atoms with Gasteiger partial charge >= 0.3 is 5.97 Å². The van der Waals surface area contributed by atoms with E-state index in [2.05, 4.69) is 5.32 Å². The first-order chi connectivity index (χ1) is 11.1. The van der Waals surface area contributed by atoms with E-state index in [4.69, 9.17) is 16.3 Å². The summed E-state index contributed by atoms with van der Waals surface area (Å²) in [5, 5.41) is 3.81. The lowest BCUT2D eigenvalue weighted by Gasteiger charge is -2.32. The molecule has 1 N–H and O–H groups in total. The molecule has 2 aromatic carbocycles. The van der Waals surface area contributed by atoms with Crippen molar-refractivity contribution in [3.05, 3.63) is 64.4 Å². The molecule has 1 heterocycles. The average Bonchev–Trinajstić information content (AvgIpc) is 2.54. The fraction of sp³-hybridized carbons (Fsp3) is 0.278. The first-order valence-corrected chi connectivity index (χ1v) is 7.94. The van der Waals surface area contributed by atoms with Crippen molar-refractivity contribution in [2.75, 3.05) is 11.9 Å². The molecule has 1 aliphatic rings. The van der Waals surface area contributed by atoms with Gasteiger partial charge in [-0.2, -0.15) is 0 Å². The lowest BCUT2D eigenvalue weighted by molar-refractivity contribution is -0.144. The quantitative estimate of drug-likeness (QED) is 0.848. The van der Waals surface area contributed by atoms with Gasteiger partial charge in [-0.25, -0.2) is 9.18 Å². The molecule has 0 amide bonds. The fourth-order valence-corrected chi connectivity index (χ4v) is 3.18. The molecule has 2 aromatic rings. The SMILES string of the molecule is CCOC(=O)C1CC(c2cccc(F)c2)c2cc(Cl)ccc2N1. The van der Waals surface area contributed by atoms with E-state index in [-0.39, 0.29) is 17.7 Å². The third-order valence-corrected chi connectivity index (χ3v) is 4.25. The van der Waals surface area contributed by atoms with Crippen LogP contribution in [0.15, 0.2) is 42.5 Å². The zero-order valence-electron chi connectivity index (χ0n) is 12.7. The van der Waals surface area contributed by atoms with Crippen molar-refractivity contribution >= 4 is 23.3 Å². The molecule has 23 heavy (non-hydrogen) atoms. The van der Waals surface area contributed by atoms with E-state index in [0.29, 0.717) is 18.1 Å². The maximum atomic E-state index is 13.6. The van der Waals surface area contributed by atoms with E-state index in [1.54, 1.807) is 19.1 Å². The van der Waals surface area contributed by atoms with Crippen molar-refractivity contribution in [2.45, 2.75) is 25.3 Å². The molecule has 0 saturated heterocycles. The summed E-state index contributed by atoms with van der Waals surface area (Å²) >= 11 is 6.12. The second-order valence-corrected chi connectivity index (χ2v) is 5.96. The van der Waals surface area contributed by atoms with Crippen LogP contribution < -0.4 is 5.32 Å². The summed E-state index contributed by atoms with van der Waals surface area (Å²) in [4.78, 5) is 12.1. The van der Waals surface area contributed by atoms with Crippen molar-refractivity contribution in [1.29, 1.82) is 0 Å². The van der Waals surface area contributed by atoms with Crippen molar-refractivity contribution in [2.24, 2.45) is 0 Å². The van der Waals surface area contributed by atoms with E-state index in [9.17, 15) is 9.18 Å². The van der Waals surface area contributed by atoms with Crippen molar-refractivity contribution in [3.63, 3.8) is 0 Å². The summed E-state index contributed by atoms with van der Waals surface area (Å²) < 4.78 is 18.7. The Hall–Kier alpha value is -2.07. The smallest absolute Gasteiger partial charge is 0.328 e. The number of esters is 1. The molecule has 120 valence electrons. The van der Waals surface area contributed by atoms with E-state index in [1.807, 2.05) is 18.2 Å². The molecule has 0 spiro atoms. The monoisotopic (exact) mass is 333 g/mol. The minimum Gasteiger partial charge on any atom is -0.464 e. The molecular formula is C18H17ClFNO2. The minimum atomic E-state index is -0.461. The highest BCUT2D eigenvalue weighted by Crippen LogP contribution is 2.40. The van der Waals surface area contributed by atoms with Gasteiger partial charge in [0.05, 0.1) is 6.61 Å². The second kappa shape index (κ2) is 6.59. The van der Waals surface area contributed by atoms with Gasteiger partial charge < -0.3 is 10.1 Å². The summed E-state index contributed by atoms with van der Waals surface area (Å²) in [6, 6.07) is 11.5. The van der Waals surface area contributed by atoms with Gasteiger partial charge in [-0.15, -0.1) is 0 Å². The normalized spacial score (nSPS) is 19.6. The maximum absolute atomic E-state index is 13.6. The molecule has 0 aliphatic carbocycles. The zero-order valence-corrected chi connectivity index (χ0v) is 13.4. The molecule has 3 nitrogen and oxygen atoms in total. The van der Waals surface area contributed by atoms with Gasteiger partial charge in [-0.05, 0) is 54.8 Å². The highest BCUT2D eigenvalue weighted by molar-refractivity contribution is 6.30. The highest BCUT2D eigenvalue weighted by atomic mass is 35.5. The molecule has 2 atom stereocenters. The molecule has 0 aromatic heterocycles. The molecular weight excluding hydrogens is 317 g/mol. The van der Waals surface area contributed by atoms with E-state index < -0.39 is 6.04 Å². The Bertz CT molecular complexity index is 735. The lowest BCUT2D eigenvalue weighted by atomic mass is 9.82. The number of hydrogen-bond donors (Lipinski definition) is 1. The molecule has 3 rings (SSSR count). The average molecular weight is 334 g/mol. The summed E-state index contributed by atoms with van der Waals surface area (Å²) in [7, 11) is 0. The lowest BCUT2D eigenvalue weighted by Crippen LogP contribution is -2.36. The molecule has 0 bridgehead atoms. The molecule has 0 radical (unpaired) electrons. The zero-order chi connectivity index (χ0) is 16.4. The molecule has 0 fully saturated rings. The first-order valence-electron chi connectivity index (χ1n) is 7.56. The number of anilines is 1. The number of carbonyl (C=O) groups excluding carboxylic acids is 1. The number of hydrogen-bond acceptors (Lipinski definition) is 3. The van der Waals surface area contributed by atoms with E-state index in [1.165, 1.54) is 12.1 Å². The summed E-state index contributed by atoms with van der Waals surface area (Å²) in [5.41, 5.74) is 2.61. The Morgan fingerprint density at radius 2 is 2.17 bits per heavy atom. The van der Waals surface area contributed by atoms with Gasteiger partial charge in [0, 0.05) is 16.6 Å². The number of fused-ring (bicyclic) bond motifs is 1. The van der Waals surface area contributed by atoms with Crippen LogP contribution in [0.25, 0.3) is 0 Å². The number of halogens is 2. The van der Waals surface area contributed by atoms with Crippen molar-refractivity contribution in [1.82, 2.24) is 0 Å². The standard InChI is InChI=1S/C18H17ClFNO2/c1-2-23-18(22)17-10-14(11-4-3-5-13(20)8-11)15-9-12(19)6-7-16(15)21-17/h3-9,14,17,21H,2,10H2,1H3. The second-order valence-electron chi connectivity index (χ2n) is 5.52. The Morgan fingerprint density at radius 1 is 1.35 bits per heavy atom. The summed E-state index contributed by atoms with van der Waals surface area (Å²) in [6.45, 7) is 2.10. The first kappa shape index (κ1) is 15.8. The van der Waals surface area contributed by atoms with Crippen molar-refractivity contribution < 1.29 is 13.9 Å². The Kier molecular flexibility index (Phi) is 4.53. The van der Waals surface area contributed by atoms with Gasteiger partial charge in [-0.3, -0.25) is 0 Å². The van der Waals surface area contributed by atoms with Crippen LogP contribution >= 0.6 is 11.6 Å². The van der Waals surface area contributed by atoms with Crippen LogP contribution in [0.2, 0.25) is 5.02 Å². The third-order valence-electron chi connectivity index (χ3n) is 4.01. The van der Waals surface area contributed by atoms with Crippen LogP contribution in [0.5, 0.6) is 0 Å². The highest BCUT2D eigenvalue weighted by Gasteiger charge is 2.32. The van der Waals surface area contributed by atoms with Gasteiger partial charge in [-0.1, -0.05) is 23.7 Å². The van der Waals surface area contributed by atoms with Crippen LogP contribution in [0.3, 0.4) is 0 Å².